The number of carbonyl (C=O) groups is 1. The predicted molar refractivity (Wildman–Crippen MR) is 88.9 cm³/mol. The Morgan fingerprint density at radius 1 is 1.28 bits per heavy atom. The summed E-state index contributed by atoms with van der Waals surface area (Å²) in [4.78, 5) is 19.7. The number of halogens is 3. The SMILES string of the molecule is O=Cc1cc2ccnc(N[C@@H]3CCc4nc(C(F)(F)F)ccc43)c2s1. The van der Waals surface area contributed by atoms with Gasteiger partial charge in [0, 0.05) is 11.9 Å². The summed E-state index contributed by atoms with van der Waals surface area (Å²) in [5.41, 5.74) is 0.374. The highest BCUT2D eigenvalue weighted by Gasteiger charge is 2.34. The Bertz CT molecular complexity index is 967. The van der Waals surface area contributed by atoms with Gasteiger partial charge in [-0.05, 0) is 42.0 Å². The second-order valence-electron chi connectivity index (χ2n) is 5.81. The molecular weight excluding hydrogens is 351 g/mol. The molecule has 4 nitrogen and oxygen atoms in total. The van der Waals surface area contributed by atoms with E-state index in [1.165, 1.54) is 17.4 Å². The van der Waals surface area contributed by atoms with E-state index in [0.717, 1.165) is 28.0 Å². The fourth-order valence-electron chi connectivity index (χ4n) is 3.08. The van der Waals surface area contributed by atoms with Crippen LogP contribution in [0, 0.1) is 0 Å². The summed E-state index contributed by atoms with van der Waals surface area (Å²) in [6.07, 6.45) is -0.866. The zero-order chi connectivity index (χ0) is 17.6. The number of nitrogens with zero attached hydrogens (tertiary/aromatic N) is 2. The maximum atomic E-state index is 12.8. The van der Waals surface area contributed by atoms with Crippen LogP contribution in [0.1, 0.15) is 39.1 Å². The summed E-state index contributed by atoms with van der Waals surface area (Å²) in [5, 5.41) is 4.21. The Labute approximate surface area is 144 Å². The third-order valence-electron chi connectivity index (χ3n) is 4.22. The number of carbonyl (C=O) groups excluding carboxylic acids is 1. The van der Waals surface area contributed by atoms with Gasteiger partial charge in [0.2, 0.25) is 0 Å². The molecule has 0 fully saturated rings. The monoisotopic (exact) mass is 363 g/mol. The molecule has 0 aliphatic heterocycles. The second-order valence-corrected chi connectivity index (χ2v) is 6.89. The van der Waals surface area contributed by atoms with Crippen molar-refractivity contribution in [3.05, 3.63) is 52.3 Å². The molecule has 0 unspecified atom stereocenters. The third-order valence-corrected chi connectivity index (χ3v) is 5.31. The van der Waals surface area contributed by atoms with Gasteiger partial charge in [0.05, 0.1) is 15.6 Å². The number of thiophene rings is 1. The van der Waals surface area contributed by atoms with Gasteiger partial charge in [-0.3, -0.25) is 4.79 Å². The molecule has 0 saturated heterocycles. The van der Waals surface area contributed by atoms with Crippen molar-refractivity contribution in [2.75, 3.05) is 5.32 Å². The molecule has 3 heterocycles. The molecule has 1 atom stereocenters. The molecule has 0 amide bonds. The standard InChI is InChI=1S/C17H12F3N3OS/c18-17(19,20)14-4-1-11-12(22-14)2-3-13(11)23-16-15-9(5-6-21-16)7-10(8-24)25-15/h1,4-8,13H,2-3H2,(H,21,23)/t13-/m1/s1. The van der Waals surface area contributed by atoms with E-state index in [-0.39, 0.29) is 6.04 Å². The third kappa shape index (κ3) is 2.86. The van der Waals surface area contributed by atoms with Gasteiger partial charge in [0.1, 0.15) is 11.5 Å². The van der Waals surface area contributed by atoms with Crippen molar-refractivity contribution in [2.45, 2.75) is 25.1 Å². The number of aryl methyl sites for hydroxylation is 1. The first-order valence-electron chi connectivity index (χ1n) is 7.63. The summed E-state index contributed by atoms with van der Waals surface area (Å²) in [7, 11) is 0. The Kier molecular flexibility index (Phi) is 3.72. The molecule has 4 rings (SSSR count). The van der Waals surface area contributed by atoms with Crippen LogP contribution < -0.4 is 5.32 Å². The molecule has 0 spiro atoms. The first-order chi connectivity index (χ1) is 12.0. The van der Waals surface area contributed by atoms with Crippen LogP contribution in [-0.4, -0.2) is 16.3 Å². The lowest BCUT2D eigenvalue weighted by Gasteiger charge is -2.15. The van der Waals surface area contributed by atoms with E-state index in [9.17, 15) is 18.0 Å². The van der Waals surface area contributed by atoms with E-state index < -0.39 is 11.9 Å². The highest BCUT2D eigenvalue weighted by Crippen LogP contribution is 2.38. The first kappa shape index (κ1) is 16.0. The number of anilines is 1. The molecule has 1 N–H and O–H groups in total. The number of aromatic nitrogens is 2. The Hall–Kier alpha value is -2.48. The van der Waals surface area contributed by atoms with E-state index in [1.807, 2.05) is 6.07 Å². The number of rotatable bonds is 3. The minimum Gasteiger partial charge on any atom is -0.362 e. The number of hydrogen-bond donors (Lipinski definition) is 1. The van der Waals surface area contributed by atoms with Crippen LogP contribution >= 0.6 is 11.3 Å². The maximum absolute atomic E-state index is 12.8. The fraction of sp³-hybridized carbons (Fsp3) is 0.235. The number of pyridine rings is 2. The summed E-state index contributed by atoms with van der Waals surface area (Å²) in [6.45, 7) is 0. The molecule has 3 aromatic rings. The maximum Gasteiger partial charge on any atom is 0.433 e. The lowest BCUT2D eigenvalue weighted by atomic mass is 10.1. The van der Waals surface area contributed by atoms with Gasteiger partial charge in [0.25, 0.3) is 0 Å². The van der Waals surface area contributed by atoms with E-state index >= 15 is 0 Å². The van der Waals surface area contributed by atoms with Crippen molar-refractivity contribution >= 4 is 33.5 Å². The van der Waals surface area contributed by atoms with Crippen LogP contribution in [0.25, 0.3) is 10.1 Å². The highest BCUT2D eigenvalue weighted by atomic mass is 32.1. The normalized spacial score (nSPS) is 16.8. The van der Waals surface area contributed by atoms with Crippen LogP contribution in [0.3, 0.4) is 0 Å². The van der Waals surface area contributed by atoms with Crippen LogP contribution in [0.2, 0.25) is 0 Å². The minimum absolute atomic E-state index is 0.148. The second kappa shape index (κ2) is 5.80. The van der Waals surface area contributed by atoms with E-state index in [0.29, 0.717) is 29.2 Å². The Morgan fingerprint density at radius 2 is 2.12 bits per heavy atom. The molecule has 1 aliphatic carbocycles. The van der Waals surface area contributed by atoms with E-state index in [1.54, 1.807) is 12.3 Å². The average Bonchev–Trinajstić information content (AvgIpc) is 3.18. The van der Waals surface area contributed by atoms with Crippen molar-refractivity contribution < 1.29 is 18.0 Å². The Morgan fingerprint density at radius 3 is 2.88 bits per heavy atom. The number of aldehydes is 1. The average molecular weight is 363 g/mol. The van der Waals surface area contributed by atoms with E-state index in [2.05, 4.69) is 15.3 Å². The molecule has 25 heavy (non-hydrogen) atoms. The van der Waals surface area contributed by atoms with Gasteiger partial charge < -0.3 is 5.32 Å². The summed E-state index contributed by atoms with van der Waals surface area (Å²) in [5.74, 6) is 0.633. The molecule has 8 heteroatoms. The largest absolute Gasteiger partial charge is 0.433 e. The molecular formula is C17H12F3N3OS. The lowest BCUT2D eigenvalue weighted by Crippen LogP contribution is -2.11. The smallest absolute Gasteiger partial charge is 0.362 e. The predicted octanol–water partition coefficient (Wildman–Crippen LogP) is 4.62. The number of alkyl halides is 3. The van der Waals surface area contributed by atoms with Crippen molar-refractivity contribution in [2.24, 2.45) is 0 Å². The lowest BCUT2D eigenvalue weighted by molar-refractivity contribution is -0.141. The van der Waals surface area contributed by atoms with Crippen LogP contribution in [0.4, 0.5) is 19.0 Å². The molecule has 0 aromatic carbocycles. The quantitative estimate of drug-likeness (QED) is 0.690. The number of hydrogen-bond acceptors (Lipinski definition) is 5. The Balaban J connectivity index is 1.66. The van der Waals surface area contributed by atoms with Crippen LogP contribution in [-0.2, 0) is 12.6 Å². The van der Waals surface area contributed by atoms with Crippen molar-refractivity contribution in [3.63, 3.8) is 0 Å². The molecule has 1 aliphatic rings. The molecule has 0 bridgehead atoms. The molecule has 0 saturated carbocycles. The first-order valence-corrected chi connectivity index (χ1v) is 8.44. The molecule has 3 aromatic heterocycles. The number of fused-ring (bicyclic) bond motifs is 2. The van der Waals surface area contributed by atoms with E-state index in [4.69, 9.17) is 0 Å². The topological polar surface area (TPSA) is 54.9 Å². The van der Waals surface area contributed by atoms with Gasteiger partial charge in [0.15, 0.2) is 6.29 Å². The van der Waals surface area contributed by atoms with Crippen molar-refractivity contribution in [1.82, 2.24) is 9.97 Å². The minimum atomic E-state index is -4.43. The zero-order valence-electron chi connectivity index (χ0n) is 12.8. The summed E-state index contributed by atoms with van der Waals surface area (Å²) in [6, 6.07) is 5.97. The molecule has 128 valence electrons. The van der Waals surface area contributed by atoms with Gasteiger partial charge in [-0.25, -0.2) is 9.97 Å². The fourth-order valence-corrected chi connectivity index (χ4v) is 4.01. The van der Waals surface area contributed by atoms with Gasteiger partial charge in [-0.1, -0.05) is 6.07 Å². The van der Waals surface area contributed by atoms with Crippen molar-refractivity contribution in [1.29, 1.82) is 0 Å². The van der Waals surface area contributed by atoms with Gasteiger partial charge in [-0.2, -0.15) is 13.2 Å². The van der Waals surface area contributed by atoms with Crippen LogP contribution in [0.5, 0.6) is 0 Å². The number of nitrogens with one attached hydrogen (secondary N) is 1. The van der Waals surface area contributed by atoms with Gasteiger partial charge >= 0.3 is 6.18 Å². The van der Waals surface area contributed by atoms with Gasteiger partial charge in [-0.15, -0.1) is 11.3 Å². The molecule has 0 radical (unpaired) electrons. The zero-order valence-corrected chi connectivity index (χ0v) is 13.6. The highest BCUT2D eigenvalue weighted by molar-refractivity contribution is 7.21. The van der Waals surface area contributed by atoms with Crippen LogP contribution in [0.15, 0.2) is 30.5 Å². The van der Waals surface area contributed by atoms with Crippen molar-refractivity contribution in [3.8, 4) is 0 Å². The summed E-state index contributed by atoms with van der Waals surface area (Å²) >= 11 is 1.34. The summed E-state index contributed by atoms with van der Waals surface area (Å²) < 4.78 is 39.2.